The molecule has 4 heteroatoms. The molecule has 0 amide bonds. The molecular weight excluding hydrogens is 192 g/mol. The number of rotatable bonds is 1. The number of nitrogens with zero attached hydrogens (tertiary/aromatic N) is 1. The van der Waals surface area contributed by atoms with E-state index < -0.39 is 0 Å². The third-order valence-electron chi connectivity index (χ3n) is 2.26. The minimum atomic E-state index is 0.236. The number of ether oxygens (including phenoxy) is 2. The van der Waals surface area contributed by atoms with Crippen LogP contribution in [0.5, 0.6) is 11.5 Å². The van der Waals surface area contributed by atoms with E-state index in [0.29, 0.717) is 22.8 Å². The van der Waals surface area contributed by atoms with Gasteiger partial charge in [0.25, 0.3) is 0 Å². The van der Waals surface area contributed by atoms with Crippen LogP contribution < -0.4 is 15.2 Å². The van der Waals surface area contributed by atoms with E-state index in [1.54, 1.807) is 19.1 Å². The molecule has 2 rings (SSSR count). The number of allylic oxidation sites excluding steroid dienone is 1. The van der Waals surface area contributed by atoms with Crippen LogP contribution in [0.15, 0.2) is 23.8 Å². The zero-order chi connectivity index (χ0) is 10.8. The molecular formula is C11H10N2O2. The lowest BCUT2D eigenvalue weighted by Gasteiger charge is -2.03. The number of fused-ring (bicyclic) bond motifs is 1. The molecule has 4 nitrogen and oxygen atoms in total. The van der Waals surface area contributed by atoms with E-state index in [1.807, 2.05) is 12.1 Å². The average molecular weight is 202 g/mol. The molecule has 1 aliphatic rings. The van der Waals surface area contributed by atoms with Gasteiger partial charge in [-0.25, -0.2) is 0 Å². The second-order valence-corrected chi connectivity index (χ2v) is 3.22. The Kier molecular flexibility index (Phi) is 2.22. The maximum Gasteiger partial charge on any atom is 0.231 e. The molecule has 0 spiro atoms. The Balaban J connectivity index is 2.44. The van der Waals surface area contributed by atoms with Gasteiger partial charge in [-0.2, -0.15) is 5.26 Å². The van der Waals surface area contributed by atoms with E-state index in [1.165, 1.54) is 0 Å². The van der Waals surface area contributed by atoms with Crippen LogP contribution in [0.3, 0.4) is 0 Å². The molecule has 76 valence electrons. The molecule has 0 unspecified atom stereocenters. The largest absolute Gasteiger partial charge is 0.454 e. The monoisotopic (exact) mass is 202 g/mol. The Bertz CT molecular complexity index is 472. The molecule has 0 aliphatic carbocycles. The lowest BCUT2D eigenvalue weighted by Crippen LogP contribution is -1.99. The minimum Gasteiger partial charge on any atom is -0.454 e. The van der Waals surface area contributed by atoms with Gasteiger partial charge in [0.05, 0.1) is 11.8 Å². The Morgan fingerprint density at radius 3 is 2.87 bits per heavy atom. The van der Waals surface area contributed by atoms with Gasteiger partial charge < -0.3 is 15.2 Å². The molecule has 1 aromatic carbocycles. The fourth-order valence-electron chi connectivity index (χ4n) is 1.34. The van der Waals surface area contributed by atoms with Gasteiger partial charge in [-0.3, -0.25) is 0 Å². The number of nitrogens with two attached hydrogens (primary N) is 1. The summed E-state index contributed by atoms with van der Waals surface area (Å²) in [6, 6.07) is 7.39. The summed E-state index contributed by atoms with van der Waals surface area (Å²) >= 11 is 0. The first-order valence-electron chi connectivity index (χ1n) is 4.49. The first kappa shape index (κ1) is 9.41. The highest BCUT2D eigenvalue weighted by Crippen LogP contribution is 2.33. The highest BCUT2D eigenvalue weighted by Gasteiger charge is 2.14. The number of hydrogen-bond acceptors (Lipinski definition) is 4. The molecule has 0 saturated heterocycles. The second kappa shape index (κ2) is 3.54. The number of nitriles is 1. The third-order valence-corrected chi connectivity index (χ3v) is 2.26. The average Bonchev–Trinajstić information content (AvgIpc) is 2.73. The standard InChI is InChI=1S/C11H10N2O2/c1-7(5-12)11(13)8-2-3-9-10(4-8)15-6-14-9/h2-4H,6,13H2,1H3/b11-7-. The number of hydrogen-bond donors (Lipinski definition) is 1. The predicted octanol–water partition coefficient (Wildman–Crippen LogP) is 1.63. The van der Waals surface area contributed by atoms with Crippen LogP contribution in [0, 0.1) is 11.3 Å². The van der Waals surface area contributed by atoms with Crippen molar-refractivity contribution in [2.45, 2.75) is 6.92 Å². The van der Waals surface area contributed by atoms with Gasteiger partial charge in [-0.15, -0.1) is 0 Å². The van der Waals surface area contributed by atoms with E-state index >= 15 is 0 Å². The predicted molar refractivity (Wildman–Crippen MR) is 55.0 cm³/mol. The summed E-state index contributed by atoms with van der Waals surface area (Å²) in [6.07, 6.45) is 0. The summed E-state index contributed by atoms with van der Waals surface area (Å²) in [5.41, 5.74) is 7.54. The van der Waals surface area contributed by atoms with Crippen LogP contribution in [0.25, 0.3) is 5.70 Å². The summed E-state index contributed by atoms with van der Waals surface area (Å²) < 4.78 is 10.4. The van der Waals surface area contributed by atoms with Gasteiger partial charge in [0.1, 0.15) is 0 Å². The van der Waals surface area contributed by atoms with Crippen molar-refractivity contribution in [1.82, 2.24) is 0 Å². The SMILES string of the molecule is C/C(C#N)=C(/N)c1ccc2c(c1)OCO2. The molecule has 0 radical (unpaired) electrons. The molecule has 1 aliphatic heterocycles. The highest BCUT2D eigenvalue weighted by atomic mass is 16.7. The van der Waals surface area contributed by atoms with Crippen LogP contribution in [0.2, 0.25) is 0 Å². The van der Waals surface area contributed by atoms with Crippen LogP contribution in [0.1, 0.15) is 12.5 Å². The zero-order valence-corrected chi connectivity index (χ0v) is 8.28. The quantitative estimate of drug-likeness (QED) is 0.703. The van der Waals surface area contributed by atoms with Gasteiger partial charge in [0.2, 0.25) is 6.79 Å². The van der Waals surface area contributed by atoms with Crippen molar-refractivity contribution in [3.63, 3.8) is 0 Å². The molecule has 0 saturated carbocycles. The molecule has 0 bridgehead atoms. The molecule has 0 aromatic heterocycles. The van der Waals surface area contributed by atoms with Crippen LogP contribution in [0.4, 0.5) is 0 Å². The first-order chi connectivity index (χ1) is 7.22. The Morgan fingerprint density at radius 2 is 2.13 bits per heavy atom. The van der Waals surface area contributed by atoms with Gasteiger partial charge >= 0.3 is 0 Å². The van der Waals surface area contributed by atoms with E-state index in [-0.39, 0.29) is 6.79 Å². The molecule has 2 N–H and O–H groups in total. The van der Waals surface area contributed by atoms with Gasteiger partial charge in [0.15, 0.2) is 11.5 Å². The third kappa shape index (κ3) is 1.59. The summed E-state index contributed by atoms with van der Waals surface area (Å²) in [4.78, 5) is 0. The maximum atomic E-state index is 8.72. The Morgan fingerprint density at radius 1 is 1.40 bits per heavy atom. The van der Waals surface area contributed by atoms with E-state index in [4.69, 9.17) is 20.5 Å². The van der Waals surface area contributed by atoms with Crippen LogP contribution in [-0.2, 0) is 0 Å². The molecule has 0 atom stereocenters. The molecule has 1 heterocycles. The van der Waals surface area contributed by atoms with Crippen molar-refractivity contribution in [2.24, 2.45) is 5.73 Å². The maximum absolute atomic E-state index is 8.72. The van der Waals surface area contributed by atoms with Gasteiger partial charge in [-0.1, -0.05) is 0 Å². The van der Waals surface area contributed by atoms with Gasteiger partial charge in [0, 0.05) is 11.1 Å². The highest BCUT2D eigenvalue weighted by molar-refractivity contribution is 5.70. The van der Waals surface area contributed by atoms with Crippen molar-refractivity contribution in [3.05, 3.63) is 29.3 Å². The van der Waals surface area contributed by atoms with Crippen LogP contribution >= 0.6 is 0 Å². The van der Waals surface area contributed by atoms with Crippen molar-refractivity contribution in [1.29, 1.82) is 5.26 Å². The minimum absolute atomic E-state index is 0.236. The lowest BCUT2D eigenvalue weighted by molar-refractivity contribution is 0.174. The van der Waals surface area contributed by atoms with Crippen molar-refractivity contribution >= 4 is 5.70 Å². The fraction of sp³-hybridized carbons (Fsp3) is 0.182. The van der Waals surface area contributed by atoms with E-state index in [9.17, 15) is 0 Å². The van der Waals surface area contributed by atoms with Crippen LogP contribution in [-0.4, -0.2) is 6.79 Å². The van der Waals surface area contributed by atoms with Gasteiger partial charge in [-0.05, 0) is 25.1 Å². The fourth-order valence-corrected chi connectivity index (χ4v) is 1.34. The normalized spacial score (nSPS) is 14.4. The summed E-state index contributed by atoms with van der Waals surface area (Å²) in [5, 5.41) is 8.72. The topological polar surface area (TPSA) is 68.3 Å². The van der Waals surface area contributed by atoms with Crippen molar-refractivity contribution in [2.75, 3.05) is 6.79 Å². The Labute approximate surface area is 87.5 Å². The molecule has 1 aromatic rings. The smallest absolute Gasteiger partial charge is 0.231 e. The first-order valence-corrected chi connectivity index (χ1v) is 4.49. The Hall–Kier alpha value is -2.15. The van der Waals surface area contributed by atoms with E-state index in [0.717, 1.165) is 5.56 Å². The molecule has 0 fully saturated rings. The lowest BCUT2D eigenvalue weighted by atomic mass is 10.1. The number of benzene rings is 1. The van der Waals surface area contributed by atoms with E-state index in [2.05, 4.69) is 0 Å². The summed E-state index contributed by atoms with van der Waals surface area (Å²) in [7, 11) is 0. The van der Waals surface area contributed by atoms with Crippen molar-refractivity contribution in [3.8, 4) is 17.6 Å². The second-order valence-electron chi connectivity index (χ2n) is 3.22. The molecule has 15 heavy (non-hydrogen) atoms. The summed E-state index contributed by atoms with van der Waals surface area (Å²) in [5.74, 6) is 1.38. The summed E-state index contributed by atoms with van der Waals surface area (Å²) in [6.45, 7) is 1.92. The van der Waals surface area contributed by atoms with Crippen molar-refractivity contribution < 1.29 is 9.47 Å². The zero-order valence-electron chi connectivity index (χ0n) is 8.28.